The molecule has 3 heterocycles. The minimum absolute atomic E-state index is 0.105. The number of aliphatic carboxylic acids is 3. The number of carboxylic acid groups (broad SMARTS) is 3. The standard InChI is InChI=1S/C21H26ClN5O2S.C6H8O7/c1-15(28)26-8-2-7-25(9-10-26)13-21(29)27-11-18(16-3-5-17(22)6-4-16)19(12-27)20-14-30-24-23-20;7-3(8)1-6(13,5(11)12)2-4(9)10/h3-6,14,18-19H,2,7-13H2,1H3;13H,1-2H2,(H,7,8)(H,9,10)(H,11,12)/t18-,19+;/m1./s1. The van der Waals surface area contributed by atoms with Gasteiger partial charge >= 0.3 is 17.9 Å². The van der Waals surface area contributed by atoms with Crippen LogP contribution in [0, 0.1) is 0 Å². The Bertz CT molecular complexity index is 1280. The van der Waals surface area contributed by atoms with Crippen LogP contribution >= 0.6 is 23.1 Å². The van der Waals surface area contributed by atoms with E-state index < -0.39 is 36.4 Å². The van der Waals surface area contributed by atoms with E-state index in [0.29, 0.717) is 31.2 Å². The number of aliphatic hydroxyl groups is 1. The van der Waals surface area contributed by atoms with E-state index in [0.717, 1.165) is 31.7 Å². The van der Waals surface area contributed by atoms with Gasteiger partial charge in [0.1, 0.15) is 0 Å². The Hall–Kier alpha value is -3.66. The molecule has 0 unspecified atom stereocenters. The zero-order chi connectivity index (χ0) is 31.7. The van der Waals surface area contributed by atoms with Crippen molar-refractivity contribution in [1.29, 1.82) is 0 Å². The van der Waals surface area contributed by atoms with E-state index in [1.165, 1.54) is 17.1 Å². The van der Waals surface area contributed by atoms with Crippen LogP contribution in [0.1, 0.15) is 49.3 Å². The molecule has 4 N–H and O–H groups in total. The lowest BCUT2D eigenvalue weighted by atomic mass is 9.87. The Balaban J connectivity index is 0.000000331. The third kappa shape index (κ3) is 9.68. The van der Waals surface area contributed by atoms with Gasteiger partial charge in [-0.25, -0.2) is 4.79 Å². The third-order valence-corrected chi connectivity index (χ3v) is 8.18. The number of carbonyl (C=O) groups is 5. The molecule has 0 saturated carbocycles. The van der Waals surface area contributed by atoms with Crippen molar-refractivity contribution < 1.29 is 44.4 Å². The van der Waals surface area contributed by atoms with E-state index in [9.17, 15) is 24.0 Å². The fraction of sp³-hybridized carbons (Fsp3) is 0.519. The number of carbonyl (C=O) groups excluding carboxylic acids is 2. The summed E-state index contributed by atoms with van der Waals surface area (Å²) < 4.78 is 4.03. The number of halogens is 1. The van der Waals surface area contributed by atoms with Gasteiger partial charge in [0.2, 0.25) is 11.8 Å². The molecule has 2 amide bonds. The molecule has 2 saturated heterocycles. The maximum absolute atomic E-state index is 13.1. The van der Waals surface area contributed by atoms with E-state index in [2.05, 4.69) is 14.5 Å². The lowest BCUT2D eigenvalue weighted by Crippen LogP contribution is -2.42. The van der Waals surface area contributed by atoms with Crippen LogP contribution in [-0.4, -0.2) is 126 Å². The van der Waals surface area contributed by atoms with Crippen molar-refractivity contribution in [1.82, 2.24) is 24.3 Å². The first kappa shape index (κ1) is 33.8. The molecule has 4 rings (SSSR count). The van der Waals surface area contributed by atoms with Gasteiger partial charge in [0, 0.05) is 68.4 Å². The van der Waals surface area contributed by atoms with Gasteiger partial charge in [-0.2, -0.15) is 0 Å². The molecular weight excluding hydrogens is 606 g/mol. The first-order valence-electron chi connectivity index (χ1n) is 13.5. The number of aromatic nitrogens is 2. The van der Waals surface area contributed by atoms with Crippen LogP contribution in [0.25, 0.3) is 0 Å². The van der Waals surface area contributed by atoms with E-state index in [1.54, 1.807) is 6.92 Å². The van der Waals surface area contributed by atoms with Crippen molar-refractivity contribution in [3.63, 3.8) is 0 Å². The summed E-state index contributed by atoms with van der Waals surface area (Å²) >= 11 is 7.41. The normalized spacial score (nSPS) is 19.2. The van der Waals surface area contributed by atoms with Crippen molar-refractivity contribution in [2.24, 2.45) is 0 Å². The van der Waals surface area contributed by atoms with Crippen molar-refractivity contribution in [2.75, 3.05) is 45.8 Å². The van der Waals surface area contributed by atoms with Crippen LogP contribution in [0.5, 0.6) is 0 Å². The number of likely N-dealkylation sites (tertiary alicyclic amines) is 1. The maximum atomic E-state index is 13.1. The Morgan fingerprint density at radius 3 is 2.09 bits per heavy atom. The summed E-state index contributed by atoms with van der Waals surface area (Å²) in [6.45, 7) is 6.32. The van der Waals surface area contributed by atoms with Gasteiger partial charge in [-0.15, -0.1) is 5.10 Å². The monoisotopic (exact) mass is 639 g/mol. The van der Waals surface area contributed by atoms with Crippen LogP contribution in [0.3, 0.4) is 0 Å². The first-order chi connectivity index (χ1) is 20.3. The molecule has 2 fully saturated rings. The number of hydrogen-bond donors (Lipinski definition) is 4. The topological polar surface area (TPSA) is 202 Å². The summed E-state index contributed by atoms with van der Waals surface area (Å²) in [7, 11) is 0. The number of benzene rings is 1. The van der Waals surface area contributed by atoms with Gasteiger partial charge in [-0.1, -0.05) is 28.2 Å². The third-order valence-electron chi connectivity index (χ3n) is 7.41. The lowest BCUT2D eigenvalue weighted by molar-refractivity contribution is -0.170. The summed E-state index contributed by atoms with van der Waals surface area (Å²) in [4.78, 5) is 61.3. The van der Waals surface area contributed by atoms with E-state index in [-0.39, 0.29) is 23.7 Å². The number of hydrogen-bond acceptors (Lipinski definition) is 10. The second kappa shape index (κ2) is 15.2. The molecule has 0 bridgehead atoms. The molecule has 16 heteroatoms. The fourth-order valence-electron chi connectivity index (χ4n) is 5.14. The van der Waals surface area contributed by atoms with Crippen LogP contribution < -0.4 is 0 Å². The second-order valence-electron chi connectivity index (χ2n) is 10.5. The van der Waals surface area contributed by atoms with Crippen molar-refractivity contribution in [2.45, 2.75) is 43.6 Å². The fourth-order valence-corrected chi connectivity index (χ4v) is 5.78. The zero-order valence-corrected chi connectivity index (χ0v) is 25.0. The number of nitrogens with zero attached hydrogens (tertiary/aromatic N) is 5. The number of carboxylic acids is 3. The largest absolute Gasteiger partial charge is 0.481 e. The summed E-state index contributed by atoms with van der Waals surface area (Å²) in [6.07, 6.45) is -1.39. The Morgan fingerprint density at radius 2 is 1.56 bits per heavy atom. The highest BCUT2D eigenvalue weighted by atomic mass is 35.5. The van der Waals surface area contributed by atoms with Crippen LogP contribution in [0.15, 0.2) is 29.6 Å². The number of rotatable bonds is 9. The molecule has 1 aromatic heterocycles. The van der Waals surface area contributed by atoms with Gasteiger partial charge in [-0.3, -0.25) is 24.1 Å². The quantitative estimate of drug-likeness (QED) is 0.306. The summed E-state index contributed by atoms with van der Waals surface area (Å²) in [5.41, 5.74) is -0.626. The highest BCUT2D eigenvalue weighted by Crippen LogP contribution is 2.39. The van der Waals surface area contributed by atoms with E-state index >= 15 is 0 Å². The predicted molar refractivity (Wildman–Crippen MR) is 154 cm³/mol. The van der Waals surface area contributed by atoms with E-state index in [1.807, 2.05) is 39.4 Å². The summed E-state index contributed by atoms with van der Waals surface area (Å²) in [5, 5.41) is 40.8. The van der Waals surface area contributed by atoms with Crippen molar-refractivity contribution in [3.05, 3.63) is 45.9 Å². The Kier molecular flexibility index (Phi) is 11.9. The average Bonchev–Trinajstić information content (AvgIpc) is 3.55. The molecule has 0 spiro atoms. The van der Waals surface area contributed by atoms with E-state index in [4.69, 9.17) is 32.0 Å². The molecule has 234 valence electrons. The van der Waals surface area contributed by atoms with Gasteiger partial charge in [-0.05, 0) is 35.6 Å². The first-order valence-corrected chi connectivity index (χ1v) is 14.7. The molecular formula is C27H34ClN5O9S. The van der Waals surface area contributed by atoms with Crippen LogP contribution in [-0.2, 0) is 24.0 Å². The molecule has 2 atom stereocenters. The molecule has 14 nitrogen and oxygen atoms in total. The summed E-state index contributed by atoms with van der Waals surface area (Å²) in [6, 6.07) is 7.88. The van der Waals surface area contributed by atoms with Crippen molar-refractivity contribution >= 4 is 52.9 Å². The van der Waals surface area contributed by atoms with Crippen molar-refractivity contribution in [3.8, 4) is 0 Å². The molecule has 1 aromatic carbocycles. The van der Waals surface area contributed by atoms with Gasteiger partial charge in [0.15, 0.2) is 5.60 Å². The molecule has 2 aliphatic heterocycles. The molecule has 2 aromatic rings. The second-order valence-corrected chi connectivity index (χ2v) is 11.6. The SMILES string of the molecule is CC(=O)N1CCCN(CC(=O)N2C[C@H](c3ccc(Cl)cc3)[C@@H](c3csnn3)C2)CC1.O=C(O)CC(O)(CC(=O)O)C(=O)O. The van der Waals surface area contributed by atoms with Crippen LogP contribution in [0.2, 0.25) is 5.02 Å². The highest BCUT2D eigenvalue weighted by molar-refractivity contribution is 7.03. The van der Waals surface area contributed by atoms with Gasteiger partial charge < -0.3 is 30.2 Å². The lowest BCUT2D eigenvalue weighted by Gasteiger charge is -2.24. The maximum Gasteiger partial charge on any atom is 0.336 e. The smallest absolute Gasteiger partial charge is 0.336 e. The minimum atomic E-state index is -2.74. The summed E-state index contributed by atoms with van der Waals surface area (Å²) in [5.74, 6) is -4.47. The minimum Gasteiger partial charge on any atom is -0.481 e. The van der Waals surface area contributed by atoms with Gasteiger partial charge in [0.05, 0.1) is 25.1 Å². The zero-order valence-electron chi connectivity index (χ0n) is 23.5. The number of amides is 2. The highest BCUT2D eigenvalue weighted by Gasteiger charge is 2.41. The molecule has 0 aliphatic carbocycles. The Morgan fingerprint density at radius 1 is 0.930 bits per heavy atom. The van der Waals surface area contributed by atoms with Crippen LogP contribution in [0.4, 0.5) is 0 Å². The molecule has 2 aliphatic rings. The average molecular weight is 640 g/mol. The Labute approximate surface area is 256 Å². The van der Waals surface area contributed by atoms with Gasteiger partial charge in [0.25, 0.3) is 0 Å². The predicted octanol–water partition coefficient (Wildman–Crippen LogP) is 1.21. The molecule has 0 radical (unpaired) electrons. The molecule has 43 heavy (non-hydrogen) atoms.